The number of aliphatic hydroxyl groups is 1. The fourth-order valence-electron chi connectivity index (χ4n) is 2.18. The zero-order valence-corrected chi connectivity index (χ0v) is 9.60. The van der Waals surface area contributed by atoms with Gasteiger partial charge < -0.3 is 21.3 Å². The van der Waals surface area contributed by atoms with Crippen molar-refractivity contribution in [1.29, 1.82) is 0 Å². The first-order valence-corrected chi connectivity index (χ1v) is 5.67. The minimum atomic E-state index is -0.573. The lowest BCUT2D eigenvalue weighted by Crippen LogP contribution is -2.29. The molecule has 2 aromatic rings. The Morgan fingerprint density at radius 2 is 2.28 bits per heavy atom. The molecule has 0 bridgehead atoms. The molecule has 0 aromatic carbocycles. The van der Waals surface area contributed by atoms with Crippen LogP contribution in [0.25, 0.3) is 11.2 Å². The molecule has 3 atom stereocenters. The minimum Gasteiger partial charge on any atom is -0.390 e. The van der Waals surface area contributed by atoms with Crippen LogP contribution in [0.3, 0.4) is 0 Å². The van der Waals surface area contributed by atoms with E-state index in [0.29, 0.717) is 23.4 Å². The van der Waals surface area contributed by atoms with E-state index in [1.54, 1.807) is 10.9 Å². The maximum absolute atomic E-state index is 9.79. The fourth-order valence-corrected chi connectivity index (χ4v) is 2.18. The van der Waals surface area contributed by atoms with Gasteiger partial charge in [-0.1, -0.05) is 0 Å². The van der Waals surface area contributed by atoms with Crippen molar-refractivity contribution in [3.05, 3.63) is 12.7 Å². The Kier molecular flexibility index (Phi) is 2.62. The van der Waals surface area contributed by atoms with Crippen LogP contribution in [0.1, 0.15) is 12.6 Å². The molecule has 8 nitrogen and oxygen atoms in total. The van der Waals surface area contributed by atoms with Gasteiger partial charge in [-0.2, -0.15) is 0 Å². The Balaban J connectivity index is 1.99. The van der Waals surface area contributed by atoms with Gasteiger partial charge in [0.1, 0.15) is 18.1 Å². The number of ether oxygens (including phenoxy) is 1. The summed E-state index contributed by atoms with van der Waals surface area (Å²) in [6, 6.07) is 0. The lowest BCUT2D eigenvalue weighted by atomic mass is 10.2. The minimum absolute atomic E-state index is 0.279. The molecule has 0 unspecified atom stereocenters. The van der Waals surface area contributed by atoms with Gasteiger partial charge in [0.15, 0.2) is 11.5 Å². The second-order valence-corrected chi connectivity index (χ2v) is 4.25. The van der Waals surface area contributed by atoms with Crippen LogP contribution in [0.5, 0.6) is 0 Å². The highest BCUT2D eigenvalue weighted by molar-refractivity contribution is 5.81. The molecule has 0 spiro atoms. The summed E-state index contributed by atoms with van der Waals surface area (Å²) in [6.45, 7) is 0.279. The molecular weight excluding hydrogens is 236 g/mol. The summed E-state index contributed by atoms with van der Waals surface area (Å²) in [4.78, 5) is 12.2. The van der Waals surface area contributed by atoms with Gasteiger partial charge >= 0.3 is 0 Å². The second-order valence-electron chi connectivity index (χ2n) is 4.25. The molecule has 3 heterocycles. The predicted octanol–water partition coefficient (Wildman–Crippen LogP) is -0.984. The summed E-state index contributed by atoms with van der Waals surface area (Å²) < 4.78 is 7.40. The van der Waals surface area contributed by atoms with Crippen molar-refractivity contribution >= 4 is 17.0 Å². The molecule has 1 aliphatic rings. The number of nitrogens with zero attached hydrogens (tertiary/aromatic N) is 4. The Hall–Kier alpha value is -1.77. The molecule has 18 heavy (non-hydrogen) atoms. The van der Waals surface area contributed by atoms with Crippen molar-refractivity contribution in [2.24, 2.45) is 5.73 Å². The smallest absolute Gasteiger partial charge is 0.167 e. The highest BCUT2D eigenvalue weighted by Gasteiger charge is 2.34. The number of aromatic nitrogens is 4. The average molecular weight is 250 g/mol. The first kappa shape index (κ1) is 11.3. The van der Waals surface area contributed by atoms with Crippen LogP contribution in [0.4, 0.5) is 5.82 Å². The summed E-state index contributed by atoms with van der Waals surface area (Å²) in [5.41, 5.74) is 12.4. The third-order valence-corrected chi connectivity index (χ3v) is 3.13. The normalized spacial score (nSPS) is 28.0. The molecular formula is C10H14N6O2. The number of hydrogen-bond acceptors (Lipinski definition) is 7. The average Bonchev–Trinajstić information content (AvgIpc) is 2.93. The van der Waals surface area contributed by atoms with E-state index in [0.717, 1.165) is 0 Å². The first-order valence-electron chi connectivity index (χ1n) is 5.67. The molecule has 2 aromatic heterocycles. The summed E-state index contributed by atoms with van der Waals surface area (Å²) in [5.74, 6) is 0.327. The van der Waals surface area contributed by atoms with Crippen LogP contribution in [-0.2, 0) is 4.74 Å². The van der Waals surface area contributed by atoms with E-state index < -0.39 is 6.10 Å². The van der Waals surface area contributed by atoms with Gasteiger partial charge in [-0.15, -0.1) is 0 Å². The quantitative estimate of drug-likeness (QED) is 0.625. The monoisotopic (exact) mass is 250 g/mol. The lowest BCUT2D eigenvalue weighted by molar-refractivity contribution is -0.0115. The van der Waals surface area contributed by atoms with E-state index in [1.807, 2.05) is 0 Å². The van der Waals surface area contributed by atoms with Gasteiger partial charge in [0.25, 0.3) is 0 Å². The van der Waals surface area contributed by atoms with Gasteiger partial charge in [-0.3, -0.25) is 4.57 Å². The topological polar surface area (TPSA) is 125 Å². The Labute approximate surface area is 103 Å². The van der Waals surface area contributed by atoms with E-state index >= 15 is 0 Å². The van der Waals surface area contributed by atoms with Crippen molar-refractivity contribution in [2.45, 2.75) is 24.9 Å². The molecule has 1 aliphatic heterocycles. The summed E-state index contributed by atoms with van der Waals surface area (Å²) in [5, 5.41) is 9.79. The van der Waals surface area contributed by atoms with Crippen molar-refractivity contribution in [3.63, 3.8) is 0 Å². The van der Waals surface area contributed by atoms with Crippen molar-refractivity contribution in [1.82, 2.24) is 19.5 Å². The van der Waals surface area contributed by atoms with Crippen LogP contribution in [0.2, 0.25) is 0 Å². The van der Waals surface area contributed by atoms with E-state index in [4.69, 9.17) is 16.2 Å². The van der Waals surface area contributed by atoms with Crippen LogP contribution < -0.4 is 11.5 Å². The van der Waals surface area contributed by atoms with Crippen LogP contribution in [-0.4, -0.2) is 43.4 Å². The molecule has 0 radical (unpaired) electrons. The highest BCUT2D eigenvalue weighted by atomic mass is 16.5. The zero-order chi connectivity index (χ0) is 12.7. The van der Waals surface area contributed by atoms with E-state index in [1.165, 1.54) is 6.33 Å². The maximum atomic E-state index is 9.79. The third-order valence-electron chi connectivity index (χ3n) is 3.13. The fraction of sp³-hybridized carbons (Fsp3) is 0.500. The SMILES string of the molecule is NC[C@H]1O[C@H](n2cnc3c(N)ncnc32)C[C@@H]1O. The number of nitrogen functional groups attached to an aromatic ring is 1. The molecule has 5 N–H and O–H groups in total. The Morgan fingerprint density at radius 1 is 1.44 bits per heavy atom. The highest BCUT2D eigenvalue weighted by Crippen LogP contribution is 2.30. The summed E-state index contributed by atoms with van der Waals surface area (Å²) in [6.07, 6.45) is 2.17. The molecule has 0 saturated carbocycles. The summed E-state index contributed by atoms with van der Waals surface area (Å²) >= 11 is 0. The number of imidazole rings is 1. The number of aliphatic hydroxyl groups excluding tert-OH is 1. The van der Waals surface area contributed by atoms with Crippen LogP contribution in [0, 0.1) is 0 Å². The zero-order valence-electron chi connectivity index (χ0n) is 9.60. The van der Waals surface area contributed by atoms with Gasteiger partial charge in [-0.25, -0.2) is 15.0 Å². The molecule has 0 aliphatic carbocycles. The number of rotatable bonds is 2. The number of hydrogen-bond donors (Lipinski definition) is 3. The second kappa shape index (κ2) is 4.16. The Bertz CT molecular complexity index is 570. The lowest BCUT2D eigenvalue weighted by Gasteiger charge is -2.13. The molecule has 0 amide bonds. The standard InChI is InChI=1S/C10H14N6O2/c11-2-6-5(17)1-7(18-6)16-4-15-8-9(12)13-3-14-10(8)16/h3-7,17H,1-2,11H2,(H2,12,13,14)/t5-,6+,7-/m0/s1. The van der Waals surface area contributed by atoms with Crippen molar-refractivity contribution < 1.29 is 9.84 Å². The predicted molar refractivity (Wildman–Crippen MR) is 63.3 cm³/mol. The molecule has 1 saturated heterocycles. The van der Waals surface area contributed by atoms with E-state index in [-0.39, 0.29) is 18.9 Å². The largest absolute Gasteiger partial charge is 0.390 e. The third kappa shape index (κ3) is 1.62. The van der Waals surface area contributed by atoms with Gasteiger partial charge in [-0.05, 0) is 0 Å². The summed E-state index contributed by atoms with van der Waals surface area (Å²) in [7, 11) is 0. The van der Waals surface area contributed by atoms with Crippen LogP contribution >= 0.6 is 0 Å². The van der Waals surface area contributed by atoms with Crippen molar-refractivity contribution in [2.75, 3.05) is 12.3 Å². The maximum Gasteiger partial charge on any atom is 0.167 e. The number of nitrogens with two attached hydrogens (primary N) is 2. The molecule has 96 valence electrons. The molecule has 3 rings (SSSR count). The number of anilines is 1. The molecule has 8 heteroatoms. The first-order chi connectivity index (χ1) is 8.70. The van der Waals surface area contributed by atoms with Crippen LogP contribution in [0.15, 0.2) is 12.7 Å². The van der Waals surface area contributed by atoms with Gasteiger partial charge in [0.05, 0.1) is 18.5 Å². The van der Waals surface area contributed by atoms with Gasteiger partial charge in [0.2, 0.25) is 0 Å². The van der Waals surface area contributed by atoms with Gasteiger partial charge in [0, 0.05) is 13.0 Å². The van der Waals surface area contributed by atoms with Crippen molar-refractivity contribution in [3.8, 4) is 0 Å². The van der Waals surface area contributed by atoms with E-state index in [9.17, 15) is 5.11 Å². The number of fused-ring (bicyclic) bond motifs is 1. The Morgan fingerprint density at radius 3 is 3.00 bits per heavy atom. The van der Waals surface area contributed by atoms with E-state index in [2.05, 4.69) is 15.0 Å². The molecule has 1 fully saturated rings.